The zero-order valence-corrected chi connectivity index (χ0v) is 13.7. The average Bonchev–Trinajstić information content (AvgIpc) is 2.89. The average molecular weight is 314 g/mol. The van der Waals surface area contributed by atoms with Gasteiger partial charge in [0.05, 0.1) is 11.5 Å². The Hall–Kier alpha value is -2.56. The van der Waals surface area contributed by atoms with Crippen molar-refractivity contribution < 1.29 is 14.0 Å². The van der Waals surface area contributed by atoms with Crippen LogP contribution in [0.25, 0.3) is 0 Å². The third kappa shape index (κ3) is 4.22. The minimum atomic E-state index is -0.379. The van der Waals surface area contributed by atoms with Gasteiger partial charge in [-0.05, 0) is 31.9 Å². The molecule has 0 saturated carbocycles. The highest BCUT2D eigenvalue weighted by Gasteiger charge is 2.21. The maximum absolute atomic E-state index is 12.4. The molecule has 0 aliphatic rings. The fraction of sp³-hybridized carbons (Fsp3) is 0.333. The SMILES string of the molecule is CCC[C@H](C(=O)NNC(=O)c1cc(C)oc1C)c1ccccc1. The number of furan rings is 1. The Labute approximate surface area is 136 Å². The van der Waals surface area contributed by atoms with Crippen molar-refractivity contribution in [3.05, 3.63) is 59.0 Å². The van der Waals surface area contributed by atoms with Gasteiger partial charge in [0.25, 0.3) is 5.91 Å². The van der Waals surface area contributed by atoms with Gasteiger partial charge in [0.15, 0.2) is 0 Å². The summed E-state index contributed by atoms with van der Waals surface area (Å²) in [5.41, 5.74) is 6.35. The van der Waals surface area contributed by atoms with E-state index >= 15 is 0 Å². The van der Waals surface area contributed by atoms with Crippen LogP contribution in [-0.2, 0) is 4.79 Å². The molecule has 0 aliphatic carbocycles. The molecule has 0 aliphatic heterocycles. The lowest BCUT2D eigenvalue weighted by molar-refractivity contribution is -0.123. The Morgan fingerprint density at radius 3 is 2.39 bits per heavy atom. The number of nitrogens with one attached hydrogen (secondary N) is 2. The van der Waals surface area contributed by atoms with Crippen molar-refractivity contribution in [3.8, 4) is 0 Å². The molecule has 0 radical (unpaired) electrons. The Bertz CT molecular complexity index is 677. The highest BCUT2D eigenvalue weighted by Crippen LogP contribution is 2.21. The molecule has 2 rings (SSSR count). The largest absolute Gasteiger partial charge is 0.466 e. The summed E-state index contributed by atoms with van der Waals surface area (Å²) in [5.74, 6) is 0.309. The number of rotatable bonds is 5. The molecule has 1 aromatic carbocycles. The van der Waals surface area contributed by atoms with Crippen molar-refractivity contribution in [1.29, 1.82) is 0 Å². The summed E-state index contributed by atoms with van der Waals surface area (Å²) in [7, 11) is 0. The third-order valence-electron chi connectivity index (χ3n) is 3.68. The molecular formula is C18H22N2O3. The first-order valence-corrected chi connectivity index (χ1v) is 7.75. The van der Waals surface area contributed by atoms with Crippen molar-refractivity contribution in [2.24, 2.45) is 0 Å². The maximum Gasteiger partial charge on any atom is 0.273 e. The molecule has 2 N–H and O–H groups in total. The summed E-state index contributed by atoms with van der Waals surface area (Å²) >= 11 is 0. The number of hydrogen-bond acceptors (Lipinski definition) is 3. The summed E-state index contributed by atoms with van der Waals surface area (Å²) in [5, 5.41) is 0. The van der Waals surface area contributed by atoms with E-state index in [1.807, 2.05) is 37.3 Å². The van der Waals surface area contributed by atoms with E-state index in [1.165, 1.54) is 0 Å². The molecule has 23 heavy (non-hydrogen) atoms. The minimum Gasteiger partial charge on any atom is -0.466 e. The van der Waals surface area contributed by atoms with Gasteiger partial charge in [0, 0.05) is 0 Å². The first-order valence-electron chi connectivity index (χ1n) is 7.75. The van der Waals surface area contributed by atoms with Crippen LogP contribution >= 0.6 is 0 Å². The standard InChI is InChI=1S/C18H22N2O3/c1-4-8-15(14-9-6-5-7-10-14)17(21)19-20-18(22)16-11-12(2)23-13(16)3/h5-7,9-11,15H,4,8H2,1-3H3,(H,19,21)(H,20,22)/t15-/m0/s1. The van der Waals surface area contributed by atoms with Gasteiger partial charge < -0.3 is 4.42 Å². The summed E-state index contributed by atoms with van der Waals surface area (Å²) in [6.45, 7) is 5.52. The van der Waals surface area contributed by atoms with Gasteiger partial charge in [-0.25, -0.2) is 0 Å². The highest BCUT2D eigenvalue weighted by molar-refractivity contribution is 5.96. The molecule has 0 spiro atoms. The second kappa shape index (κ2) is 7.63. The number of aryl methyl sites for hydroxylation is 2. The first-order chi connectivity index (χ1) is 11.0. The molecule has 1 heterocycles. The van der Waals surface area contributed by atoms with Gasteiger partial charge in [-0.2, -0.15) is 0 Å². The van der Waals surface area contributed by atoms with Crippen LogP contribution in [0.4, 0.5) is 0 Å². The molecule has 122 valence electrons. The second-order valence-electron chi connectivity index (χ2n) is 5.52. The lowest BCUT2D eigenvalue weighted by Gasteiger charge is -2.16. The fourth-order valence-corrected chi connectivity index (χ4v) is 2.55. The van der Waals surface area contributed by atoms with Gasteiger partial charge in [-0.1, -0.05) is 43.7 Å². The molecule has 1 atom stereocenters. The van der Waals surface area contributed by atoms with Crippen molar-refractivity contribution in [1.82, 2.24) is 10.9 Å². The van der Waals surface area contributed by atoms with Crippen LogP contribution in [-0.4, -0.2) is 11.8 Å². The molecule has 0 saturated heterocycles. The number of amides is 2. The van der Waals surface area contributed by atoms with Gasteiger partial charge in [-0.15, -0.1) is 0 Å². The van der Waals surface area contributed by atoms with E-state index in [4.69, 9.17) is 4.42 Å². The molecule has 2 aromatic rings. The molecule has 0 unspecified atom stereocenters. The Balaban J connectivity index is 2.02. The maximum atomic E-state index is 12.4. The molecule has 5 nitrogen and oxygen atoms in total. The number of carbonyl (C=O) groups excluding carboxylic acids is 2. The van der Waals surface area contributed by atoms with E-state index < -0.39 is 0 Å². The second-order valence-corrected chi connectivity index (χ2v) is 5.52. The van der Waals surface area contributed by atoms with E-state index in [0.717, 1.165) is 18.4 Å². The van der Waals surface area contributed by atoms with Crippen LogP contribution in [0.2, 0.25) is 0 Å². The summed E-state index contributed by atoms with van der Waals surface area (Å²) in [6.07, 6.45) is 1.59. The topological polar surface area (TPSA) is 71.3 Å². The number of hydrazine groups is 1. The van der Waals surface area contributed by atoms with Crippen molar-refractivity contribution in [2.45, 2.75) is 39.5 Å². The van der Waals surface area contributed by atoms with E-state index in [1.54, 1.807) is 19.9 Å². The van der Waals surface area contributed by atoms with Gasteiger partial charge in [0.2, 0.25) is 5.91 Å². The van der Waals surface area contributed by atoms with E-state index in [-0.39, 0.29) is 17.7 Å². The Kier molecular flexibility index (Phi) is 5.57. The van der Waals surface area contributed by atoms with Crippen LogP contribution in [0, 0.1) is 13.8 Å². The van der Waals surface area contributed by atoms with Crippen LogP contribution in [0.5, 0.6) is 0 Å². The van der Waals surface area contributed by atoms with Crippen molar-refractivity contribution in [2.75, 3.05) is 0 Å². The van der Waals surface area contributed by atoms with Crippen LogP contribution in [0.3, 0.4) is 0 Å². The zero-order valence-electron chi connectivity index (χ0n) is 13.7. The lowest BCUT2D eigenvalue weighted by Crippen LogP contribution is -2.44. The monoisotopic (exact) mass is 314 g/mol. The molecule has 5 heteroatoms. The van der Waals surface area contributed by atoms with E-state index in [2.05, 4.69) is 10.9 Å². The molecular weight excluding hydrogens is 292 g/mol. The van der Waals surface area contributed by atoms with Crippen LogP contribution < -0.4 is 10.9 Å². The zero-order chi connectivity index (χ0) is 16.8. The highest BCUT2D eigenvalue weighted by atomic mass is 16.3. The summed E-state index contributed by atoms with van der Waals surface area (Å²) in [4.78, 5) is 24.5. The predicted octanol–water partition coefficient (Wildman–Crippen LogP) is 3.24. The van der Waals surface area contributed by atoms with Crippen molar-refractivity contribution >= 4 is 11.8 Å². The van der Waals surface area contributed by atoms with Gasteiger partial charge >= 0.3 is 0 Å². The third-order valence-corrected chi connectivity index (χ3v) is 3.68. The van der Waals surface area contributed by atoms with E-state index in [0.29, 0.717) is 17.1 Å². The molecule has 1 aromatic heterocycles. The normalized spacial score (nSPS) is 11.8. The number of hydrogen-bond donors (Lipinski definition) is 2. The molecule has 0 bridgehead atoms. The minimum absolute atomic E-state index is 0.218. The first kappa shape index (κ1) is 16.8. The van der Waals surface area contributed by atoms with Gasteiger partial charge in [0.1, 0.15) is 11.5 Å². The lowest BCUT2D eigenvalue weighted by atomic mass is 9.94. The van der Waals surface area contributed by atoms with Gasteiger partial charge in [-0.3, -0.25) is 20.4 Å². The summed E-state index contributed by atoms with van der Waals surface area (Å²) < 4.78 is 5.32. The van der Waals surface area contributed by atoms with Crippen LogP contribution in [0.15, 0.2) is 40.8 Å². The molecule has 0 fully saturated rings. The smallest absolute Gasteiger partial charge is 0.273 e. The Morgan fingerprint density at radius 2 is 1.83 bits per heavy atom. The van der Waals surface area contributed by atoms with Crippen LogP contribution in [0.1, 0.15) is 53.1 Å². The number of carbonyl (C=O) groups is 2. The molecule has 2 amide bonds. The quantitative estimate of drug-likeness (QED) is 0.832. The fourth-order valence-electron chi connectivity index (χ4n) is 2.55. The number of benzene rings is 1. The Morgan fingerprint density at radius 1 is 1.13 bits per heavy atom. The van der Waals surface area contributed by atoms with E-state index in [9.17, 15) is 9.59 Å². The predicted molar refractivity (Wildman–Crippen MR) is 87.9 cm³/mol. The summed E-state index contributed by atoms with van der Waals surface area (Å²) in [6, 6.07) is 11.2. The van der Waals surface area contributed by atoms with Crippen molar-refractivity contribution in [3.63, 3.8) is 0 Å².